The highest BCUT2D eigenvalue weighted by molar-refractivity contribution is 7.99. The summed E-state index contributed by atoms with van der Waals surface area (Å²) in [4.78, 5) is 36.2. The highest BCUT2D eigenvalue weighted by Gasteiger charge is 2.11. The van der Waals surface area contributed by atoms with Gasteiger partial charge in [-0.25, -0.2) is 14.9 Å². The summed E-state index contributed by atoms with van der Waals surface area (Å²) >= 11 is 2.48. The minimum atomic E-state index is -0.524. The number of amides is 1. The zero-order valence-electron chi connectivity index (χ0n) is 12.8. The summed E-state index contributed by atoms with van der Waals surface area (Å²) < 4.78 is 2.01. The molecule has 0 radical (unpaired) electrons. The third kappa shape index (κ3) is 4.17. The number of hydrogen-bond acceptors (Lipinski definition) is 7. The highest BCUT2D eigenvalue weighted by atomic mass is 32.2. The Labute approximate surface area is 139 Å². The number of nitrogens with one attached hydrogen (secondary N) is 1. The molecule has 0 aliphatic heterocycles. The SMILES string of the molecule is C/C(=N/NC(=O)CSc1nn(C)c(=O)n(C)c1=O)c1cccs1. The lowest BCUT2D eigenvalue weighted by Gasteiger charge is -2.05. The van der Waals surface area contributed by atoms with Crippen molar-refractivity contribution in [2.75, 3.05) is 5.75 Å². The number of aryl methyl sites for hydroxylation is 1. The molecule has 0 atom stereocenters. The van der Waals surface area contributed by atoms with Crippen LogP contribution < -0.4 is 16.7 Å². The molecule has 2 rings (SSSR count). The monoisotopic (exact) mass is 353 g/mol. The molecule has 0 spiro atoms. The molecule has 2 aromatic heterocycles. The van der Waals surface area contributed by atoms with Crippen LogP contribution in [0.1, 0.15) is 11.8 Å². The first-order valence-electron chi connectivity index (χ1n) is 6.54. The molecule has 8 nitrogen and oxygen atoms in total. The Balaban J connectivity index is 1.99. The van der Waals surface area contributed by atoms with Crippen LogP contribution in [0.15, 0.2) is 37.2 Å². The Kier molecular flexibility index (Phi) is 5.50. The number of hydrazone groups is 1. The largest absolute Gasteiger partial charge is 0.346 e. The van der Waals surface area contributed by atoms with Gasteiger partial charge in [0.1, 0.15) is 0 Å². The maximum atomic E-state index is 11.9. The average molecular weight is 353 g/mol. The summed E-state index contributed by atoms with van der Waals surface area (Å²) in [6, 6.07) is 3.81. The molecule has 1 N–H and O–H groups in total. The smallest absolute Gasteiger partial charge is 0.272 e. The van der Waals surface area contributed by atoms with E-state index in [4.69, 9.17) is 0 Å². The second kappa shape index (κ2) is 7.38. The van der Waals surface area contributed by atoms with Crippen LogP contribution >= 0.6 is 23.1 Å². The number of hydrogen-bond donors (Lipinski definition) is 1. The number of carbonyl (C=O) groups is 1. The highest BCUT2D eigenvalue weighted by Crippen LogP contribution is 2.10. The molecule has 0 aliphatic carbocycles. The van der Waals surface area contributed by atoms with Crippen LogP contribution in [0.2, 0.25) is 0 Å². The fourth-order valence-electron chi connectivity index (χ4n) is 1.61. The van der Waals surface area contributed by atoms with Crippen molar-refractivity contribution in [2.24, 2.45) is 19.2 Å². The van der Waals surface area contributed by atoms with Gasteiger partial charge in [-0.3, -0.25) is 14.2 Å². The summed E-state index contributed by atoms with van der Waals surface area (Å²) in [5, 5.41) is 9.88. The van der Waals surface area contributed by atoms with E-state index in [-0.39, 0.29) is 16.7 Å². The van der Waals surface area contributed by atoms with Crippen molar-refractivity contribution < 1.29 is 4.79 Å². The molecule has 23 heavy (non-hydrogen) atoms. The van der Waals surface area contributed by atoms with E-state index in [1.54, 1.807) is 6.92 Å². The van der Waals surface area contributed by atoms with E-state index in [9.17, 15) is 14.4 Å². The zero-order chi connectivity index (χ0) is 17.0. The van der Waals surface area contributed by atoms with Gasteiger partial charge in [-0.1, -0.05) is 17.8 Å². The van der Waals surface area contributed by atoms with Gasteiger partial charge in [-0.2, -0.15) is 10.2 Å². The number of rotatable bonds is 5. The summed E-state index contributed by atoms with van der Waals surface area (Å²) in [5.41, 5.74) is 2.10. The van der Waals surface area contributed by atoms with Crippen LogP contribution in [0, 0.1) is 0 Å². The van der Waals surface area contributed by atoms with Gasteiger partial charge in [0, 0.05) is 19.0 Å². The van der Waals surface area contributed by atoms with Gasteiger partial charge in [0.05, 0.1) is 11.5 Å². The van der Waals surface area contributed by atoms with Crippen LogP contribution in [-0.4, -0.2) is 31.7 Å². The molecule has 2 heterocycles. The van der Waals surface area contributed by atoms with Gasteiger partial charge in [-0.15, -0.1) is 11.3 Å². The fraction of sp³-hybridized carbons (Fsp3) is 0.308. The van der Waals surface area contributed by atoms with Gasteiger partial charge in [0.15, 0.2) is 5.03 Å². The van der Waals surface area contributed by atoms with Crippen molar-refractivity contribution in [1.29, 1.82) is 0 Å². The maximum absolute atomic E-state index is 11.9. The van der Waals surface area contributed by atoms with Crippen molar-refractivity contribution in [3.8, 4) is 0 Å². The van der Waals surface area contributed by atoms with Crippen molar-refractivity contribution in [3.63, 3.8) is 0 Å². The van der Waals surface area contributed by atoms with Gasteiger partial charge in [0.25, 0.3) is 5.56 Å². The van der Waals surface area contributed by atoms with Crippen LogP contribution in [0.25, 0.3) is 0 Å². The van der Waals surface area contributed by atoms with Crippen molar-refractivity contribution in [3.05, 3.63) is 43.2 Å². The third-order valence-corrected chi connectivity index (χ3v) is 4.77. The van der Waals surface area contributed by atoms with E-state index in [0.717, 1.165) is 25.9 Å². The first-order chi connectivity index (χ1) is 10.9. The van der Waals surface area contributed by atoms with Gasteiger partial charge in [-0.05, 0) is 18.4 Å². The molecule has 0 saturated carbocycles. The Morgan fingerprint density at radius 1 is 1.43 bits per heavy atom. The molecule has 2 aromatic rings. The van der Waals surface area contributed by atoms with Crippen LogP contribution in [0.4, 0.5) is 0 Å². The van der Waals surface area contributed by atoms with Crippen molar-refractivity contribution >= 4 is 34.7 Å². The lowest BCUT2D eigenvalue weighted by molar-refractivity contribution is -0.118. The van der Waals surface area contributed by atoms with Gasteiger partial charge < -0.3 is 0 Å². The first-order valence-corrected chi connectivity index (χ1v) is 8.41. The molecule has 0 aromatic carbocycles. The minimum Gasteiger partial charge on any atom is -0.272 e. The quantitative estimate of drug-likeness (QED) is 0.469. The summed E-state index contributed by atoms with van der Waals surface area (Å²) in [7, 11) is 2.81. The second-order valence-electron chi connectivity index (χ2n) is 4.57. The Hall–Kier alpha value is -2.20. The topological polar surface area (TPSA) is 98.3 Å². The molecular formula is C13H15N5O3S2. The molecule has 122 valence electrons. The molecule has 0 saturated heterocycles. The molecule has 0 aliphatic rings. The van der Waals surface area contributed by atoms with Gasteiger partial charge >= 0.3 is 5.69 Å². The standard InChI is InChI=1S/C13H15N5O3S2/c1-8(9-5-4-6-22-9)14-15-10(19)7-23-11-12(20)17(2)13(21)18(3)16-11/h4-6H,7H2,1-3H3,(H,15,19)/b14-8-. The molecular weight excluding hydrogens is 338 g/mol. The van der Waals surface area contributed by atoms with E-state index in [1.165, 1.54) is 25.4 Å². The molecule has 0 unspecified atom stereocenters. The number of carbonyl (C=O) groups excluding carboxylic acids is 1. The molecule has 1 amide bonds. The second-order valence-corrected chi connectivity index (χ2v) is 6.49. The van der Waals surface area contributed by atoms with E-state index >= 15 is 0 Å². The summed E-state index contributed by atoms with van der Waals surface area (Å²) in [6.07, 6.45) is 0. The zero-order valence-corrected chi connectivity index (χ0v) is 14.4. The third-order valence-electron chi connectivity index (χ3n) is 2.86. The molecule has 0 bridgehead atoms. The lowest BCUT2D eigenvalue weighted by atomic mass is 10.3. The average Bonchev–Trinajstić information content (AvgIpc) is 3.07. The van der Waals surface area contributed by atoms with Gasteiger partial charge in [0.2, 0.25) is 5.91 Å². The van der Waals surface area contributed by atoms with Crippen molar-refractivity contribution in [2.45, 2.75) is 11.9 Å². The Bertz CT molecular complexity index is 851. The maximum Gasteiger partial charge on any atom is 0.346 e. The van der Waals surface area contributed by atoms with Crippen molar-refractivity contribution in [1.82, 2.24) is 19.8 Å². The summed E-state index contributed by atoms with van der Waals surface area (Å²) in [5.74, 6) is -0.384. The van der Waals surface area contributed by atoms with E-state index in [0.29, 0.717) is 5.71 Å². The number of thiophene rings is 1. The number of nitrogens with zero attached hydrogens (tertiary/aromatic N) is 4. The fourth-order valence-corrected chi connectivity index (χ4v) is 3.06. The predicted molar refractivity (Wildman–Crippen MR) is 90.1 cm³/mol. The van der Waals surface area contributed by atoms with Crippen LogP contribution in [0.5, 0.6) is 0 Å². The lowest BCUT2D eigenvalue weighted by Crippen LogP contribution is -2.39. The summed E-state index contributed by atoms with van der Waals surface area (Å²) in [6.45, 7) is 1.80. The van der Waals surface area contributed by atoms with Crippen LogP contribution in [-0.2, 0) is 18.9 Å². The number of aromatic nitrogens is 3. The minimum absolute atomic E-state index is 0.0261. The normalized spacial score (nSPS) is 11.5. The Morgan fingerprint density at radius 2 is 2.17 bits per heavy atom. The van der Waals surface area contributed by atoms with Crippen LogP contribution in [0.3, 0.4) is 0 Å². The molecule has 10 heteroatoms. The van der Waals surface area contributed by atoms with E-state index in [1.807, 2.05) is 17.5 Å². The number of thioether (sulfide) groups is 1. The van der Waals surface area contributed by atoms with E-state index in [2.05, 4.69) is 15.6 Å². The Morgan fingerprint density at radius 3 is 2.83 bits per heavy atom. The first kappa shape index (κ1) is 17.2. The molecule has 0 fully saturated rings. The van der Waals surface area contributed by atoms with E-state index < -0.39 is 11.2 Å². The predicted octanol–water partition coefficient (Wildman–Crippen LogP) is 0.173.